The zero-order valence-electron chi connectivity index (χ0n) is 14.0. The second kappa shape index (κ2) is 6.74. The first-order chi connectivity index (χ1) is 12.2. The quantitative estimate of drug-likeness (QED) is 0.843. The minimum Gasteiger partial charge on any atom is -0.469 e. The topological polar surface area (TPSA) is 89.2 Å². The van der Waals surface area contributed by atoms with E-state index >= 15 is 0 Å². The molecule has 2 heterocycles. The van der Waals surface area contributed by atoms with Crippen molar-refractivity contribution in [3.8, 4) is 0 Å². The average Bonchev–Trinajstić information content (AvgIpc) is 3.03. The highest BCUT2D eigenvalue weighted by atomic mass is 16.3. The lowest BCUT2D eigenvalue weighted by molar-refractivity contribution is -0.122. The van der Waals surface area contributed by atoms with Crippen LogP contribution < -0.4 is 10.6 Å². The van der Waals surface area contributed by atoms with E-state index < -0.39 is 0 Å². The molecule has 0 aliphatic heterocycles. The third kappa shape index (κ3) is 3.75. The molecule has 0 spiro atoms. The Bertz CT molecular complexity index is 746. The Labute approximate surface area is 145 Å². The summed E-state index contributed by atoms with van der Waals surface area (Å²) in [4.78, 5) is 24.3. The van der Waals surface area contributed by atoms with E-state index in [1.54, 1.807) is 23.3 Å². The predicted octanol–water partition coefficient (Wildman–Crippen LogP) is 2.28. The van der Waals surface area contributed by atoms with Gasteiger partial charge in [0.25, 0.3) is 0 Å². The number of nitrogens with one attached hydrogen (secondary N) is 2. The zero-order chi connectivity index (χ0) is 17.2. The molecular formula is C18H22N4O3. The third-order valence-electron chi connectivity index (χ3n) is 4.96. The Morgan fingerprint density at radius 3 is 2.92 bits per heavy atom. The van der Waals surface area contributed by atoms with E-state index in [1.807, 2.05) is 12.1 Å². The molecule has 2 aromatic rings. The minimum atomic E-state index is -0.0554. The highest BCUT2D eigenvalue weighted by Crippen LogP contribution is 2.48. The van der Waals surface area contributed by atoms with Crippen LogP contribution in [0.3, 0.4) is 0 Å². The fourth-order valence-electron chi connectivity index (χ4n) is 3.54. The van der Waals surface area contributed by atoms with Crippen molar-refractivity contribution in [3.05, 3.63) is 36.5 Å². The van der Waals surface area contributed by atoms with Crippen LogP contribution in [0.1, 0.15) is 43.8 Å². The summed E-state index contributed by atoms with van der Waals surface area (Å²) in [5.41, 5.74) is 0.615. The Morgan fingerprint density at radius 1 is 1.32 bits per heavy atom. The van der Waals surface area contributed by atoms with Crippen molar-refractivity contribution in [3.63, 3.8) is 0 Å². The van der Waals surface area contributed by atoms with Crippen molar-refractivity contribution < 1.29 is 14.0 Å². The predicted molar refractivity (Wildman–Crippen MR) is 90.8 cm³/mol. The minimum absolute atomic E-state index is 0.0312. The molecule has 2 N–H and O–H groups in total. The lowest BCUT2D eigenvalue weighted by Gasteiger charge is -2.11. The molecule has 4 rings (SSSR count). The molecule has 2 unspecified atom stereocenters. The van der Waals surface area contributed by atoms with Crippen molar-refractivity contribution in [1.82, 2.24) is 15.1 Å². The second-order valence-corrected chi connectivity index (χ2v) is 6.93. The monoisotopic (exact) mass is 342 g/mol. The Balaban J connectivity index is 1.26. The van der Waals surface area contributed by atoms with Crippen LogP contribution in [0.2, 0.25) is 0 Å². The van der Waals surface area contributed by atoms with Crippen molar-refractivity contribution in [2.24, 2.45) is 5.92 Å². The fourth-order valence-corrected chi connectivity index (χ4v) is 3.54. The van der Waals surface area contributed by atoms with E-state index in [1.165, 1.54) is 12.8 Å². The number of rotatable bonds is 6. The van der Waals surface area contributed by atoms with Crippen molar-refractivity contribution in [2.75, 3.05) is 5.32 Å². The largest absolute Gasteiger partial charge is 0.469 e. The van der Waals surface area contributed by atoms with Gasteiger partial charge >= 0.3 is 0 Å². The number of aromatic nitrogens is 2. The van der Waals surface area contributed by atoms with Gasteiger partial charge in [-0.2, -0.15) is 5.10 Å². The molecule has 0 saturated heterocycles. The number of furan rings is 1. The van der Waals surface area contributed by atoms with E-state index in [0.29, 0.717) is 11.7 Å². The number of nitrogens with zero attached hydrogens (tertiary/aromatic N) is 2. The van der Waals surface area contributed by atoms with Gasteiger partial charge in [-0.1, -0.05) is 12.8 Å². The molecule has 132 valence electrons. The Hall–Kier alpha value is -2.57. The number of amides is 2. The molecule has 2 atom stereocenters. The maximum absolute atomic E-state index is 12.3. The summed E-state index contributed by atoms with van der Waals surface area (Å²) >= 11 is 0. The first-order valence-corrected chi connectivity index (χ1v) is 8.85. The van der Waals surface area contributed by atoms with E-state index in [4.69, 9.17) is 4.42 Å². The molecule has 0 aromatic carbocycles. The normalized spacial score (nSPS) is 22.7. The van der Waals surface area contributed by atoms with E-state index in [9.17, 15) is 9.59 Å². The van der Waals surface area contributed by atoms with Crippen LogP contribution in [0.5, 0.6) is 0 Å². The van der Waals surface area contributed by atoms with Crippen LogP contribution in [0.4, 0.5) is 5.69 Å². The van der Waals surface area contributed by atoms with Crippen molar-refractivity contribution >= 4 is 17.5 Å². The van der Waals surface area contributed by atoms with Gasteiger partial charge in [0.2, 0.25) is 11.8 Å². The summed E-state index contributed by atoms with van der Waals surface area (Å²) in [6.45, 7) is 0.171. The number of hydrogen-bond donors (Lipinski definition) is 2. The van der Waals surface area contributed by atoms with Gasteiger partial charge < -0.3 is 15.1 Å². The summed E-state index contributed by atoms with van der Waals surface area (Å²) in [5.74, 6) is 0.908. The number of anilines is 1. The fraction of sp³-hybridized carbons (Fsp3) is 0.500. The van der Waals surface area contributed by atoms with Crippen LogP contribution in [0, 0.1) is 5.92 Å². The van der Waals surface area contributed by atoms with Crippen LogP contribution in [-0.4, -0.2) is 27.6 Å². The molecule has 2 amide bonds. The molecule has 0 radical (unpaired) electrons. The standard InChI is InChI=1S/C18H22N4O3/c23-17(20-12-4-1-2-5-12)11-22-10-13(9-19-22)21-18(24)15-8-14(15)16-6-3-7-25-16/h3,6-7,9-10,12,14-15H,1-2,4-5,8,11H2,(H,20,23)(H,21,24). The molecule has 0 bridgehead atoms. The van der Waals surface area contributed by atoms with Gasteiger partial charge in [0.1, 0.15) is 12.3 Å². The molecular weight excluding hydrogens is 320 g/mol. The maximum Gasteiger partial charge on any atom is 0.241 e. The Morgan fingerprint density at radius 2 is 2.16 bits per heavy atom. The number of hydrogen-bond acceptors (Lipinski definition) is 4. The summed E-state index contributed by atoms with van der Waals surface area (Å²) in [7, 11) is 0. The van der Waals surface area contributed by atoms with Gasteiger partial charge in [0.15, 0.2) is 0 Å². The first-order valence-electron chi connectivity index (χ1n) is 8.85. The van der Waals surface area contributed by atoms with Gasteiger partial charge in [0.05, 0.1) is 18.1 Å². The summed E-state index contributed by atoms with van der Waals surface area (Å²) in [6.07, 6.45) is 10.2. The lowest BCUT2D eigenvalue weighted by Crippen LogP contribution is -2.35. The number of carbonyl (C=O) groups is 2. The van der Waals surface area contributed by atoms with E-state index in [0.717, 1.165) is 25.0 Å². The van der Waals surface area contributed by atoms with E-state index in [2.05, 4.69) is 15.7 Å². The molecule has 7 heteroatoms. The summed E-state index contributed by atoms with van der Waals surface area (Å²) in [5, 5.41) is 10.1. The highest BCUT2D eigenvalue weighted by molar-refractivity contribution is 5.94. The van der Waals surface area contributed by atoms with Gasteiger partial charge in [-0.25, -0.2) is 0 Å². The second-order valence-electron chi connectivity index (χ2n) is 6.93. The smallest absolute Gasteiger partial charge is 0.241 e. The van der Waals surface area contributed by atoms with Crippen LogP contribution in [0.25, 0.3) is 0 Å². The molecule has 2 aliphatic carbocycles. The van der Waals surface area contributed by atoms with Crippen LogP contribution >= 0.6 is 0 Å². The summed E-state index contributed by atoms with van der Waals surface area (Å²) < 4.78 is 6.90. The molecule has 25 heavy (non-hydrogen) atoms. The SMILES string of the molecule is O=C(Cn1cc(NC(=O)C2CC2c2ccco2)cn1)NC1CCCC1. The van der Waals surface area contributed by atoms with Gasteiger partial charge in [0, 0.05) is 24.1 Å². The lowest BCUT2D eigenvalue weighted by atomic mass is 10.2. The first kappa shape index (κ1) is 15.9. The highest BCUT2D eigenvalue weighted by Gasteiger charge is 2.45. The maximum atomic E-state index is 12.3. The van der Waals surface area contributed by atoms with Gasteiger partial charge in [-0.3, -0.25) is 14.3 Å². The number of carbonyl (C=O) groups excluding carboxylic acids is 2. The van der Waals surface area contributed by atoms with Crippen molar-refractivity contribution in [2.45, 2.75) is 50.6 Å². The Kier molecular flexibility index (Phi) is 4.29. The molecule has 2 aliphatic rings. The van der Waals surface area contributed by atoms with Crippen LogP contribution in [-0.2, 0) is 16.1 Å². The third-order valence-corrected chi connectivity index (χ3v) is 4.96. The summed E-state index contributed by atoms with van der Waals surface area (Å²) in [6, 6.07) is 4.04. The van der Waals surface area contributed by atoms with Gasteiger partial charge in [-0.05, 0) is 31.4 Å². The molecule has 2 aromatic heterocycles. The van der Waals surface area contributed by atoms with E-state index in [-0.39, 0.29) is 30.2 Å². The molecule has 2 fully saturated rings. The van der Waals surface area contributed by atoms with Crippen LogP contribution in [0.15, 0.2) is 35.2 Å². The molecule has 7 nitrogen and oxygen atoms in total. The van der Waals surface area contributed by atoms with Crippen molar-refractivity contribution in [1.29, 1.82) is 0 Å². The zero-order valence-corrected chi connectivity index (χ0v) is 14.0. The molecule has 2 saturated carbocycles. The average molecular weight is 342 g/mol. The van der Waals surface area contributed by atoms with Gasteiger partial charge in [-0.15, -0.1) is 0 Å².